The average Bonchev–Trinajstić information content (AvgIpc) is 3.27. The van der Waals surface area contributed by atoms with Crippen LogP contribution < -0.4 is 4.74 Å². The second kappa shape index (κ2) is 6.94. The number of unbranched alkanes of at least 4 members (excludes halogenated alkanes) is 1. The van der Waals surface area contributed by atoms with E-state index in [4.69, 9.17) is 4.74 Å². The van der Waals surface area contributed by atoms with Crippen molar-refractivity contribution in [3.8, 4) is 5.75 Å². The van der Waals surface area contributed by atoms with Crippen LogP contribution in [0, 0.1) is 11.8 Å². The molecule has 5 heteroatoms. The Morgan fingerprint density at radius 2 is 2.11 bits per heavy atom. The molecule has 1 aromatic carbocycles. The first kappa shape index (κ1) is 17.8. The fourth-order valence-corrected chi connectivity index (χ4v) is 6.03. The molecule has 0 amide bonds. The Kier molecular flexibility index (Phi) is 4.41. The monoisotopic (exact) mass is 380 g/mol. The molecule has 28 heavy (non-hydrogen) atoms. The Morgan fingerprint density at radius 3 is 2.93 bits per heavy atom. The van der Waals surface area contributed by atoms with E-state index in [0.717, 1.165) is 55.7 Å². The summed E-state index contributed by atoms with van der Waals surface area (Å²) in [7, 11) is 0. The van der Waals surface area contributed by atoms with Crippen LogP contribution in [0.25, 0.3) is 0 Å². The summed E-state index contributed by atoms with van der Waals surface area (Å²) in [5, 5.41) is 16.6. The highest BCUT2D eigenvalue weighted by atomic mass is 16.5. The first-order chi connectivity index (χ1) is 13.7. The molecule has 1 saturated carbocycles. The fraction of sp³-hybridized carbons (Fsp3) is 0.565. The number of benzene rings is 1. The molecular formula is C23H28N2O3. The van der Waals surface area contributed by atoms with Gasteiger partial charge in [0.05, 0.1) is 12.3 Å². The molecule has 2 N–H and O–H groups in total. The van der Waals surface area contributed by atoms with Crippen LogP contribution in [0.5, 0.6) is 5.75 Å². The maximum absolute atomic E-state index is 11.5. The van der Waals surface area contributed by atoms with Crippen LogP contribution in [0.3, 0.4) is 0 Å². The smallest absolute Gasteiger partial charge is 0.354 e. The van der Waals surface area contributed by atoms with E-state index in [-0.39, 0.29) is 0 Å². The van der Waals surface area contributed by atoms with Crippen LogP contribution in [0.2, 0.25) is 0 Å². The highest BCUT2D eigenvalue weighted by molar-refractivity contribution is 5.87. The van der Waals surface area contributed by atoms with Gasteiger partial charge in [-0.1, -0.05) is 19.4 Å². The number of aromatic amines is 1. The maximum Gasteiger partial charge on any atom is 0.354 e. The molecule has 0 bridgehead atoms. The molecular weight excluding hydrogens is 352 g/mol. The number of nitrogens with zero attached hydrogens (tertiary/aromatic N) is 1. The van der Waals surface area contributed by atoms with Crippen LogP contribution in [0.4, 0.5) is 0 Å². The largest absolute Gasteiger partial charge is 0.494 e. The van der Waals surface area contributed by atoms with E-state index in [9.17, 15) is 9.90 Å². The van der Waals surface area contributed by atoms with E-state index in [1.54, 1.807) is 0 Å². The number of H-pyrrole nitrogens is 1. The van der Waals surface area contributed by atoms with Gasteiger partial charge in [-0.3, -0.25) is 5.10 Å². The standard InChI is InChI=1S/C23H28N2O3/c1-2-3-10-28-14-5-7-15-13(11-14)4-6-17-16(15)8-9-18-19(17)12-20-21(18)24-25-22(20)23(26)27/h5,7,11,16-19H,2-4,6,8-10,12H2,1H3,(H,24,25)(H,26,27). The maximum atomic E-state index is 11.5. The Bertz CT molecular complexity index is 903. The van der Waals surface area contributed by atoms with Crippen molar-refractivity contribution in [2.24, 2.45) is 11.8 Å². The molecule has 3 aliphatic rings. The van der Waals surface area contributed by atoms with Crippen molar-refractivity contribution in [2.75, 3.05) is 6.61 Å². The molecule has 0 aliphatic heterocycles. The number of carbonyl (C=O) groups is 1. The zero-order valence-electron chi connectivity index (χ0n) is 16.4. The van der Waals surface area contributed by atoms with Crippen LogP contribution in [-0.2, 0) is 12.8 Å². The van der Waals surface area contributed by atoms with E-state index in [1.165, 1.54) is 24.0 Å². The minimum Gasteiger partial charge on any atom is -0.494 e. The van der Waals surface area contributed by atoms with Gasteiger partial charge in [-0.15, -0.1) is 0 Å². The highest BCUT2D eigenvalue weighted by Crippen LogP contribution is 2.57. The number of rotatable bonds is 5. The van der Waals surface area contributed by atoms with Crippen LogP contribution in [0.15, 0.2) is 18.2 Å². The van der Waals surface area contributed by atoms with Gasteiger partial charge in [-0.25, -0.2) is 4.79 Å². The topological polar surface area (TPSA) is 75.2 Å². The van der Waals surface area contributed by atoms with Crippen LogP contribution in [-0.4, -0.2) is 27.9 Å². The van der Waals surface area contributed by atoms with E-state index in [1.807, 2.05) is 0 Å². The number of hydrogen-bond acceptors (Lipinski definition) is 3. The Morgan fingerprint density at radius 1 is 1.25 bits per heavy atom. The van der Waals surface area contributed by atoms with Gasteiger partial charge >= 0.3 is 5.97 Å². The van der Waals surface area contributed by atoms with Crippen molar-refractivity contribution in [2.45, 2.75) is 63.7 Å². The molecule has 4 atom stereocenters. The van der Waals surface area contributed by atoms with Crippen molar-refractivity contribution in [1.82, 2.24) is 10.2 Å². The molecule has 5 rings (SSSR count). The van der Waals surface area contributed by atoms with Crippen molar-refractivity contribution >= 4 is 5.97 Å². The molecule has 1 heterocycles. The number of carboxylic acids is 1. The summed E-state index contributed by atoms with van der Waals surface area (Å²) in [6.07, 6.45) is 7.68. The van der Waals surface area contributed by atoms with Gasteiger partial charge in [-0.05, 0) is 79.5 Å². The van der Waals surface area contributed by atoms with Crippen LogP contribution >= 0.6 is 0 Å². The normalized spacial score (nSPS) is 27.5. The number of aromatic nitrogens is 2. The number of nitrogens with one attached hydrogen (secondary N) is 1. The van der Waals surface area contributed by atoms with E-state index in [0.29, 0.717) is 29.4 Å². The molecule has 3 aliphatic carbocycles. The molecule has 5 nitrogen and oxygen atoms in total. The molecule has 4 unspecified atom stereocenters. The summed E-state index contributed by atoms with van der Waals surface area (Å²) in [5.74, 6) is 2.32. The number of ether oxygens (including phenoxy) is 1. The number of hydrogen-bond donors (Lipinski definition) is 2. The predicted octanol–water partition coefficient (Wildman–Crippen LogP) is 4.68. The predicted molar refractivity (Wildman–Crippen MR) is 106 cm³/mol. The zero-order valence-corrected chi connectivity index (χ0v) is 16.4. The average molecular weight is 380 g/mol. The number of aryl methyl sites for hydroxylation is 1. The number of aromatic carboxylic acids is 1. The zero-order chi connectivity index (χ0) is 19.3. The lowest BCUT2D eigenvalue weighted by Crippen LogP contribution is -2.34. The van der Waals surface area contributed by atoms with E-state index in [2.05, 4.69) is 35.3 Å². The van der Waals surface area contributed by atoms with Gasteiger partial charge in [0.25, 0.3) is 0 Å². The van der Waals surface area contributed by atoms with E-state index < -0.39 is 5.97 Å². The molecule has 1 fully saturated rings. The van der Waals surface area contributed by atoms with Crippen molar-refractivity contribution in [1.29, 1.82) is 0 Å². The van der Waals surface area contributed by atoms with Gasteiger partial charge in [0, 0.05) is 11.5 Å². The molecule has 0 radical (unpaired) electrons. The molecule has 0 saturated heterocycles. The van der Waals surface area contributed by atoms with Crippen molar-refractivity contribution < 1.29 is 14.6 Å². The molecule has 1 aromatic heterocycles. The summed E-state index contributed by atoms with van der Waals surface area (Å²) < 4.78 is 5.92. The summed E-state index contributed by atoms with van der Waals surface area (Å²) in [6, 6.07) is 6.70. The third-order valence-corrected chi connectivity index (χ3v) is 7.30. The lowest BCUT2D eigenvalue weighted by molar-refractivity contribution is 0.0688. The minimum absolute atomic E-state index is 0.311. The van der Waals surface area contributed by atoms with Gasteiger partial charge in [0.15, 0.2) is 0 Å². The summed E-state index contributed by atoms with van der Waals surface area (Å²) in [6.45, 7) is 2.98. The van der Waals surface area contributed by atoms with Crippen LogP contribution in [0.1, 0.15) is 83.7 Å². The van der Waals surface area contributed by atoms with E-state index >= 15 is 0 Å². The fourth-order valence-electron chi connectivity index (χ4n) is 6.03. The summed E-state index contributed by atoms with van der Waals surface area (Å²) in [4.78, 5) is 11.5. The number of carboxylic acid groups (broad SMARTS) is 1. The Hall–Kier alpha value is -2.30. The first-order valence-corrected chi connectivity index (χ1v) is 10.7. The van der Waals surface area contributed by atoms with Gasteiger partial charge < -0.3 is 9.84 Å². The third-order valence-electron chi connectivity index (χ3n) is 7.30. The first-order valence-electron chi connectivity index (χ1n) is 10.7. The Balaban J connectivity index is 1.38. The molecule has 0 spiro atoms. The SMILES string of the molecule is CCCCOc1ccc2c(c1)CCC1C2CCC2c3n[nH]c(C(=O)O)c3CC21. The van der Waals surface area contributed by atoms with Gasteiger partial charge in [0.1, 0.15) is 11.4 Å². The third kappa shape index (κ3) is 2.75. The highest BCUT2D eigenvalue weighted by Gasteiger charge is 2.48. The number of fused-ring (bicyclic) bond motifs is 7. The lowest BCUT2D eigenvalue weighted by Gasteiger charge is -2.44. The minimum atomic E-state index is -0.881. The Labute approximate surface area is 165 Å². The van der Waals surface area contributed by atoms with Gasteiger partial charge in [-0.2, -0.15) is 5.10 Å². The summed E-state index contributed by atoms with van der Waals surface area (Å²) >= 11 is 0. The second-order valence-electron chi connectivity index (χ2n) is 8.69. The lowest BCUT2D eigenvalue weighted by atomic mass is 9.60. The van der Waals surface area contributed by atoms with Crippen molar-refractivity contribution in [3.05, 3.63) is 46.3 Å². The molecule has 148 valence electrons. The molecule has 2 aromatic rings. The second-order valence-corrected chi connectivity index (χ2v) is 8.69. The quantitative estimate of drug-likeness (QED) is 0.739. The summed E-state index contributed by atoms with van der Waals surface area (Å²) in [5.41, 5.74) is 5.27. The van der Waals surface area contributed by atoms with Crippen molar-refractivity contribution in [3.63, 3.8) is 0 Å². The van der Waals surface area contributed by atoms with Gasteiger partial charge in [0.2, 0.25) is 0 Å².